The number of aliphatic carboxylic acids is 1. The molecule has 0 aliphatic carbocycles. The van der Waals surface area contributed by atoms with E-state index >= 15 is 0 Å². The van der Waals surface area contributed by atoms with Crippen LogP contribution in [0.15, 0.2) is 29.8 Å². The Morgan fingerprint density at radius 1 is 1.27 bits per heavy atom. The van der Waals surface area contributed by atoms with E-state index in [0.29, 0.717) is 18.4 Å². The van der Waals surface area contributed by atoms with Gasteiger partial charge in [0.1, 0.15) is 12.4 Å². The molecule has 0 spiro atoms. The number of nitrogens with zero attached hydrogens (tertiary/aromatic N) is 1. The van der Waals surface area contributed by atoms with Crippen LogP contribution in [0.25, 0.3) is 6.08 Å². The van der Waals surface area contributed by atoms with Crippen LogP contribution in [0.3, 0.4) is 0 Å². The van der Waals surface area contributed by atoms with Gasteiger partial charge >= 0.3 is 5.97 Å². The van der Waals surface area contributed by atoms with Crippen LogP contribution in [0.2, 0.25) is 0 Å². The molecule has 1 amide bonds. The zero-order valence-electron chi connectivity index (χ0n) is 12.5. The van der Waals surface area contributed by atoms with Crippen molar-refractivity contribution in [2.45, 2.75) is 25.8 Å². The minimum atomic E-state index is -0.830. The van der Waals surface area contributed by atoms with Gasteiger partial charge in [0.25, 0.3) is 5.91 Å². The van der Waals surface area contributed by atoms with E-state index < -0.39 is 11.9 Å². The summed E-state index contributed by atoms with van der Waals surface area (Å²) in [5.74, 6) is -0.649. The predicted molar refractivity (Wildman–Crippen MR) is 81.4 cm³/mol. The molecule has 5 heteroatoms. The van der Waals surface area contributed by atoms with Gasteiger partial charge in [-0.3, -0.25) is 9.59 Å². The number of hydrogen-bond donors (Lipinski definition) is 1. The number of carboxylic acid groups (broad SMARTS) is 1. The van der Waals surface area contributed by atoms with Crippen molar-refractivity contribution in [1.82, 2.24) is 4.90 Å². The fourth-order valence-electron chi connectivity index (χ4n) is 3.02. The second-order valence-corrected chi connectivity index (χ2v) is 5.92. The van der Waals surface area contributed by atoms with Crippen molar-refractivity contribution in [3.63, 3.8) is 0 Å². The molecule has 1 saturated heterocycles. The van der Waals surface area contributed by atoms with Gasteiger partial charge in [0.15, 0.2) is 0 Å². The predicted octanol–water partition coefficient (Wildman–Crippen LogP) is 2.17. The molecule has 22 heavy (non-hydrogen) atoms. The molecule has 5 nitrogen and oxygen atoms in total. The number of carbonyl (C=O) groups is 2. The lowest BCUT2D eigenvalue weighted by Gasteiger charge is -2.37. The second kappa shape index (κ2) is 5.83. The molecule has 1 fully saturated rings. The molecule has 1 aromatic carbocycles. The third-order valence-electron chi connectivity index (χ3n) is 4.40. The van der Waals surface area contributed by atoms with Gasteiger partial charge in [0.05, 0.1) is 11.5 Å². The average molecular weight is 301 g/mol. The highest BCUT2D eigenvalue weighted by molar-refractivity contribution is 5.99. The van der Waals surface area contributed by atoms with Crippen LogP contribution in [0.5, 0.6) is 5.75 Å². The van der Waals surface area contributed by atoms with Crippen molar-refractivity contribution in [2.24, 2.45) is 5.92 Å². The highest BCUT2D eigenvalue weighted by Gasteiger charge is 2.34. The van der Waals surface area contributed by atoms with Crippen LogP contribution in [0.1, 0.15) is 25.3 Å². The number of likely N-dealkylation sites (tertiary alicyclic amines) is 1. The van der Waals surface area contributed by atoms with Gasteiger partial charge in [-0.05, 0) is 31.9 Å². The summed E-state index contributed by atoms with van der Waals surface area (Å²) in [5, 5.41) is 9.19. The first-order valence-corrected chi connectivity index (χ1v) is 7.52. The maximum atomic E-state index is 12.7. The van der Waals surface area contributed by atoms with Crippen molar-refractivity contribution in [2.75, 3.05) is 13.2 Å². The van der Waals surface area contributed by atoms with E-state index in [4.69, 9.17) is 4.74 Å². The van der Waals surface area contributed by atoms with Crippen LogP contribution in [-0.4, -0.2) is 41.1 Å². The van der Waals surface area contributed by atoms with Gasteiger partial charge in [-0.1, -0.05) is 18.2 Å². The normalized spacial score (nSPS) is 24.0. The number of fused-ring (bicyclic) bond motifs is 1. The molecule has 0 saturated carbocycles. The minimum absolute atomic E-state index is 0.0566. The summed E-state index contributed by atoms with van der Waals surface area (Å²) in [6, 6.07) is 7.62. The van der Waals surface area contributed by atoms with E-state index in [2.05, 4.69) is 0 Å². The Labute approximate surface area is 129 Å². The Balaban J connectivity index is 1.81. The number of para-hydroxylation sites is 1. The summed E-state index contributed by atoms with van der Waals surface area (Å²) in [7, 11) is 0. The number of amides is 1. The number of rotatable bonds is 2. The number of piperidine rings is 1. The van der Waals surface area contributed by atoms with Crippen molar-refractivity contribution in [3.05, 3.63) is 35.4 Å². The van der Waals surface area contributed by atoms with Gasteiger partial charge in [-0.25, -0.2) is 0 Å². The lowest BCUT2D eigenvalue weighted by molar-refractivity contribution is -0.146. The molecule has 0 bridgehead atoms. The topological polar surface area (TPSA) is 66.8 Å². The largest absolute Gasteiger partial charge is 0.488 e. The van der Waals surface area contributed by atoms with Gasteiger partial charge < -0.3 is 14.7 Å². The number of benzene rings is 1. The van der Waals surface area contributed by atoms with E-state index in [1.54, 1.807) is 4.90 Å². The third kappa shape index (κ3) is 2.71. The summed E-state index contributed by atoms with van der Waals surface area (Å²) in [5.41, 5.74) is 1.47. The Morgan fingerprint density at radius 2 is 2.05 bits per heavy atom. The molecule has 2 unspecified atom stereocenters. The Morgan fingerprint density at radius 3 is 2.82 bits per heavy atom. The van der Waals surface area contributed by atoms with E-state index in [1.807, 2.05) is 37.3 Å². The minimum Gasteiger partial charge on any atom is -0.488 e. The zero-order chi connectivity index (χ0) is 15.7. The summed E-state index contributed by atoms with van der Waals surface area (Å²) < 4.78 is 5.63. The molecular formula is C17H19NO4. The van der Waals surface area contributed by atoms with Gasteiger partial charge in [-0.15, -0.1) is 0 Å². The molecule has 2 aliphatic heterocycles. The lowest BCUT2D eigenvalue weighted by Crippen LogP contribution is -2.48. The van der Waals surface area contributed by atoms with Crippen LogP contribution in [-0.2, 0) is 9.59 Å². The van der Waals surface area contributed by atoms with E-state index in [-0.39, 0.29) is 25.1 Å². The summed E-state index contributed by atoms with van der Waals surface area (Å²) >= 11 is 0. The van der Waals surface area contributed by atoms with E-state index in [9.17, 15) is 14.7 Å². The highest BCUT2D eigenvalue weighted by atomic mass is 16.5. The summed E-state index contributed by atoms with van der Waals surface area (Å²) in [6.07, 6.45) is 3.18. The molecule has 1 N–H and O–H groups in total. The molecule has 2 atom stereocenters. The van der Waals surface area contributed by atoms with Gasteiger partial charge in [-0.2, -0.15) is 0 Å². The standard InChI is InChI=1S/C17H19NO4/c1-11-6-7-13(17(20)21)9-18(11)16(19)14-8-12-4-2-3-5-15(12)22-10-14/h2-5,8,11,13H,6-7,9-10H2,1H3,(H,20,21). The monoisotopic (exact) mass is 301 g/mol. The number of hydrogen-bond acceptors (Lipinski definition) is 3. The first kappa shape index (κ1) is 14.6. The second-order valence-electron chi connectivity index (χ2n) is 5.92. The fraction of sp³-hybridized carbons (Fsp3) is 0.412. The smallest absolute Gasteiger partial charge is 0.308 e. The number of ether oxygens (including phenoxy) is 1. The molecule has 3 rings (SSSR count). The zero-order valence-corrected chi connectivity index (χ0v) is 12.5. The molecule has 116 valence electrons. The van der Waals surface area contributed by atoms with Crippen molar-refractivity contribution in [1.29, 1.82) is 0 Å². The quantitative estimate of drug-likeness (QED) is 0.909. The van der Waals surface area contributed by atoms with Crippen molar-refractivity contribution in [3.8, 4) is 5.75 Å². The van der Waals surface area contributed by atoms with Crippen LogP contribution < -0.4 is 4.74 Å². The number of carbonyl (C=O) groups excluding carboxylic acids is 1. The molecule has 0 aromatic heterocycles. The summed E-state index contributed by atoms with van der Waals surface area (Å²) in [4.78, 5) is 25.6. The Hall–Kier alpha value is -2.30. The lowest BCUT2D eigenvalue weighted by atomic mass is 9.92. The van der Waals surface area contributed by atoms with Crippen molar-refractivity contribution < 1.29 is 19.4 Å². The Kier molecular flexibility index (Phi) is 3.88. The third-order valence-corrected chi connectivity index (χ3v) is 4.40. The first-order chi connectivity index (χ1) is 10.6. The maximum absolute atomic E-state index is 12.7. The Bertz CT molecular complexity index is 637. The van der Waals surface area contributed by atoms with E-state index in [1.165, 1.54) is 0 Å². The van der Waals surface area contributed by atoms with Crippen LogP contribution in [0.4, 0.5) is 0 Å². The number of carboxylic acids is 1. The first-order valence-electron chi connectivity index (χ1n) is 7.52. The molecule has 0 radical (unpaired) electrons. The van der Waals surface area contributed by atoms with Gasteiger partial charge in [0.2, 0.25) is 0 Å². The molecule has 1 aromatic rings. The molecule has 2 aliphatic rings. The average Bonchev–Trinajstić information content (AvgIpc) is 2.54. The maximum Gasteiger partial charge on any atom is 0.308 e. The van der Waals surface area contributed by atoms with Crippen LogP contribution >= 0.6 is 0 Å². The molecule has 2 heterocycles. The highest BCUT2D eigenvalue weighted by Crippen LogP contribution is 2.29. The van der Waals surface area contributed by atoms with Crippen molar-refractivity contribution >= 4 is 18.0 Å². The van der Waals surface area contributed by atoms with Crippen LogP contribution in [0, 0.1) is 5.92 Å². The fourth-order valence-corrected chi connectivity index (χ4v) is 3.02. The van der Waals surface area contributed by atoms with Gasteiger partial charge in [0, 0.05) is 18.2 Å². The SMILES string of the molecule is CC1CCC(C(=O)O)CN1C(=O)C1=Cc2ccccc2OC1. The summed E-state index contributed by atoms with van der Waals surface area (Å²) in [6.45, 7) is 2.47. The molecular weight excluding hydrogens is 282 g/mol. The van der Waals surface area contributed by atoms with E-state index in [0.717, 1.165) is 11.3 Å².